The lowest BCUT2D eigenvalue weighted by Crippen LogP contribution is -2.56. The van der Waals surface area contributed by atoms with Gasteiger partial charge in [-0.15, -0.1) is 26.3 Å². The molecular weight excluding hydrogens is 340 g/mol. The van der Waals surface area contributed by atoms with Crippen LogP contribution in [-0.4, -0.2) is 38.9 Å². The molecule has 3 unspecified atom stereocenters. The van der Waals surface area contributed by atoms with Gasteiger partial charge in [0, 0.05) is 0 Å². The third kappa shape index (κ3) is 8.20. The van der Waals surface area contributed by atoms with E-state index in [1.165, 1.54) is 0 Å². The fraction of sp³-hybridized carbons (Fsp3) is 0.500. The molecule has 3 atom stereocenters. The molecule has 0 saturated heterocycles. The van der Waals surface area contributed by atoms with E-state index < -0.39 is 25.7 Å². The first-order valence-electron chi connectivity index (χ1n) is 7.89. The molecule has 7 heteroatoms. The topological polar surface area (TPSA) is 36.9 Å². The quantitative estimate of drug-likeness (QED) is 0.332. The van der Waals surface area contributed by atoms with Crippen molar-refractivity contribution in [1.29, 1.82) is 0 Å². The van der Waals surface area contributed by atoms with E-state index in [0.717, 1.165) is 12.5 Å². The maximum absolute atomic E-state index is 6.44. The Morgan fingerprint density at radius 3 is 1.74 bits per heavy atom. The number of hydrogen-bond acceptors (Lipinski definition) is 4. The largest absolute Gasteiger partial charge is 0.412 e. The van der Waals surface area contributed by atoms with E-state index in [2.05, 4.69) is 39.8 Å². The van der Waals surface area contributed by atoms with E-state index in [1.54, 1.807) is 23.6 Å². The minimum atomic E-state index is -2.65. The molecule has 4 nitrogen and oxygen atoms in total. The highest BCUT2D eigenvalue weighted by Crippen LogP contribution is 2.26. The summed E-state index contributed by atoms with van der Waals surface area (Å²) in [6.45, 7) is 24.2. The van der Waals surface area contributed by atoms with Crippen molar-refractivity contribution in [2.75, 3.05) is 13.2 Å². The standard InChI is InChI=1S/C16H32O4Si3/c1-9-14-17-21(6,12-4)19-22(7,13-5)20-23(8,16-11-3)18-15-10-2/h9-10,12-13H,1-2,4-5,11,14-16H2,3,6-8H3. The Labute approximate surface area is 145 Å². The highest BCUT2D eigenvalue weighted by Gasteiger charge is 2.45. The van der Waals surface area contributed by atoms with Crippen molar-refractivity contribution in [3.05, 3.63) is 49.9 Å². The van der Waals surface area contributed by atoms with E-state index in [4.69, 9.17) is 17.1 Å². The van der Waals surface area contributed by atoms with Crippen LogP contribution in [0.4, 0.5) is 0 Å². The lowest BCUT2D eigenvalue weighted by Gasteiger charge is -2.39. The van der Waals surface area contributed by atoms with Gasteiger partial charge in [0.05, 0.1) is 13.2 Å². The lowest BCUT2D eigenvalue weighted by molar-refractivity contribution is 0.226. The third-order valence-electron chi connectivity index (χ3n) is 3.26. The van der Waals surface area contributed by atoms with Crippen LogP contribution in [0.5, 0.6) is 0 Å². The molecule has 0 aromatic heterocycles. The van der Waals surface area contributed by atoms with E-state index >= 15 is 0 Å². The first-order valence-corrected chi connectivity index (χ1v) is 15.2. The number of hydrogen-bond donors (Lipinski definition) is 0. The maximum Gasteiger partial charge on any atom is 0.352 e. The molecule has 0 N–H and O–H groups in total. The number of rotatable bonds is 14. The second-order valence-corrected chi connectivity index (χ2v) is 15.6. The average molecular weight is 373 g/mol. The molecule has 0 amide bonds. The van der Waals surface area contributed by atoms with Gasteiger partial charge < -0.3 is 17.1 Å². The van der Waals surface area contributed by atoms with Crippen LogP contribution >= 0.6 is 0 Å². The molecule has 0 fully saturated rings. The Morgan fingerprint density at radius 1 is 0.783 bits per heavy atom. The average Bonchev–Trinajstić information content (AvgIpc) is 2.51. The van der Waals surface area contributed by atoms with E-state index in [1.807, 2.05) is 13.1 Å². The Hall–Kier alpha value is -0.549. The van der Waals surface area contributed by atoms with Crippen LogP contribution in [0.2, 0.25) is 25.7 Å². The molecular formula is C16H32O4Si3. The molecule has 23 heavy (non-hydrogen) atoms. The second kappa shape index (κ2) is 10.3. The van der Waals surface area contributed by atoms with Crippen LogP contribution in [0.3, 0.4) is 0 Å². The summed E-state index contributed by atoms with van der Waals surface area (Å²) in [7, 11) is -7.57. The first kappa shape index (κ1) is 22.5. The Bertz CT molecular complexity index is 418. The summed E-state index contributed by atoms with van der Waals surface area (Å²) in [5, 5.41) is 0. The Kier molecular flexibility index (Phi) is 10.1. The molecule has 132 valence electrons. The fourth-order valence-electron chi connectivity index (χ4n) is 2.13. The second-order valence-electron chi connectivity index (χ2n) is 5.73. The van der Waals surface area contributed by atoms with Gasteiger partial charge in [-0.2, -0.15) is 0 Å². The zero-order chi connectivity index (χ0) is 18.0. The molecule has 0 aliphatic carbocycles. The summed E-state index contributed by atoms with van der Waals surface area (Å²) >= 11 is 0. The van der Waals surface area contributed by atoms with Crippen molar-refractivity contribution in [3.63, 3.8) is 0 Å². The SMILES string of the molecule is C=CCO[Si](C)(C=C)O[Si](C)(C=C)O[Si](C)(CCC)OCC=C. The smallest absolute Gasteiger partial charge is 0.352 e. The molecule has 0 heterocycles. The summed E-state index contributed by atoms with van der Waals surface area (Å²) in [4.78, 5) is 0. The van der Waals surface area contributed by atoms with Crippen LogP contribution in [0.15, 0.2) is 49.9 Å². The Balaban J connectivity index is 5.23. The van der Waals surface area contributed by atoms with Gasteiger partial charge >= 0.3 is 25.7 Å². The maximum atomic E-state index is 6.44. The van der Waals surface area contributed by atoms with Gasteiger partial charge in [-0.05, 0) is 25.7 Å². The van der Waals surface area contributed by atoms with Gasteiger partial charge in [0.15, 0.2) is 0 Å². The van der Waals surface area contributed by atoms with Crippen LogP contribution in [0.1, 0.15) is 13.3 Å². The molecule has 0 saturated carbocycles. The van der Waals surface area contributed by atoms with Crippen LogP contribution in [0, 0.1) is 0 Å². The lowest BCUT2D eigenvalue weighted by atomic mass is 10.6. The van der Waals surface area contributed by atoms with Gasteiger partial charge in [0.1, 0.15) is 0 Å². The summed E-state index contributed by atoms with van der Waals surface area (Å²) in [6.07, 6.45) is 4.44. The highest BCUT2D eigenvalue weighted by molar-refractivity contribution is 6.89. The molecule has 0 aromatic carbocycles. The van der Waals surface area contributed by atoms with Crippen LogP contribution in [-0.2, 0) is 17.1 Å². The molecule has 0 rings (SSSR count). The van der Waals surface area contributed by atoms with Crippen molar-refractivity contribution in [3.8, 4) is 0 Å². The monoisotopic (exact) mass is 372 g/mol. The van der Waals surface area contributed by atoms with Gasteiger partial charge in [0.25, 0.3) is 0 Å². The first-order chi connectivity index (χ1) is 10.7. The van der Waals surface area contributed by atoms with Crippen molar-refractivity contribution in [2.45, 2.75) is 39.0 Å². The van der Waals surface area contributed by atoms with Gasteiger partial charge in [0.2, 0.25) is 0 Å². The Morgan fingerprint density at radius 2 is 1.30 bits per heavy atom. The minimum absolute atomic E-state index is 0.424. The summed E-state index contributed by atoms with van der Waals surface area (Å²) in [5.74, 6) is 0. The third-order valence-corrected chi connectivity index (χ3v) is 14.3. The van der Waals surface area contributed by atoms with Crippen molar-refractivity contribution < 1.29 is 17.1 Å². The molecule has 0 spiro atoms. The fourth-order valence-corrected chi connectivity index (χ4v) is 13.3. The van der Waals surface area contributed by atoms with Crippen LogP contribution in [0.25, 0.3) is 0 Å². The van der Waals surface area contributed by atoms with Crippen molar-refractivity contribution in [2.24, 2.45) is 0 Å². The molecule has 0 radical (unpaired) electrons. The van der Waals surface area contributed by atoms with E-state index in [0.29, 0.717) is 13.2 Å². The van der Waals surface area contributed by atoms with Gasteiger partial charge in [-0.1, -0.05) is 36.9 Å². The molecule has 0 bridgehead atoms. The summed E-state index contributed by atoms with van der Waals surface area (Å²) in [6, 6.07) is 0.889. The normalized spacial score (nSPS) is 19.0. The van der Waals surface area contributed by atoms with E-state index in [-0.39, 0.29) is 0 Å². The predicted molar refractivity (Wildman–Crippen MR) is 105 cm³/mol. The van der Waals surface area contributed by atoms with Crippen molar-refractivity contribution in [1.82, 2.24) is 0 Å². The van der Waals surface area contributed by atoms with E-state index in [9.17, 15) is 0 Å². The summed E-state index contributed by atoms with van der Waals surface area (Å²) in [5.41, 5.74) is 3.55. The van der Waals surface area contributed by atoms with Crippen molar-refractivity contribution >= 4 is 25.7 Å². The molecule has 0 aromatic rings. The zero-order valence-electron chi connectivity index (χ0n) is 15.1. The molecule has 0 aliphatic rings. The van der Waals surface area contributed by atoms with Crippen LogP contribution < -0.4 is 0 Å². The minimum Gasteiger partial charge on any atom is -0.412 e. The van der Waals surface area contributed by atoms with Gasteiger partial charge in [-0.25, -0.2) is 0 Å². The zero-order valence-corrected chi connectivity index (χ0v) is 18.1. The summed E-state index contributed by atoms with van der Waals surface area (Å²) < 4.78 is 24.6. The highest BCUT2D eigenvalue weighted by atomic mass is 28.5. The van der Waals surface area contributed by atoms with Gasteiger partial charge in [-0.3, -0.25) is 0 Å². The predicted octanol–water partition coefficient (Wildman–Crippen LogP) is 4.50. The molecule has 0 aliphatic heterocycles.